The van der Waals surface area contributed by atoms with E-state index in [0.717, 1.165) is 18.4 Å². The van der Waals surface area contributed by atoms with Crippen LogP contribution in [0.15, 0.2) is 29.8 Å². The lowest BCUT2D eigenvalue weighted by Gasteiger charge is -2.22. The fraction of sp³-hybridized carbons (Fsp3) is 0.529. The van der Waals surface area contributed by atoms with Crippen LogP contribution in [0, 0.1) is 5.82 Å². The molecule has 0 bridgehead atoms. The maximum absolute atomic E-state index is 13.9. The third-order valence-corrected chi connectivity index (χ3v) is 3.99. The molecule has 0 amide bonds. The smallest absolute Gasteiger partial charge is 0.165 e. The summed E-state index contributed by atoms with van der Waals surface area (Å²) >= 11 is 0. The van der Waals surface area contributed by atoms with Gasteiger partial charge >= 0.3 is 0 Å². The molecule has 20 heavy (non-hydrogen) atoms. The molecule has 1 atom stereocenters. The fourth-order valence-corrected chi connectivity index (χ4v) is 2.91. The Bertz CT molecular complexity index is 470. The summed E-state index contributed by atoms with van der Waals surface area (Å²) in [4.78, 5) is 0. The maximum atomic E-state index is 13.9. The van der Waals surface area contributed by atoms with Gasteiger partial charge in [-0.15, -0.1) is 0 Å². The van der Waals surface area contributed by atoms with Crippen molar-refractivity contribution in [2.24, 2.45) is 0 Å². The topological polar surface area (TPSA) is 21.3 Å². The third kappa shape index (κ3) is 3.60. The highest BCUT2D eigenvalue weighted by Crippen LogP contribution is 2.30. The molecule has 110 valence electrons. The van der Waals surface area contributed by atoms with E-state index in [1.807, 2.05) is 13.1 Å². The van der Waals surface area contributed by atoms with E-state index in [1.54, 1.807) is 12.1 Å². The molecule has 0 saturated heterocycles. The molecule has 1 N–H and O–H groups in total. The quantitative estimate of drug-likeness (QED) is 0.825. The number of halogens is 1. The van der Waals surface area contributed by atoms with Gasteiger partial charge < -0.3 is 10.1 Å². The Balaban J connectivity index is 2.24. The minimum atomic E-state index is -0.295. The first-order valence-electron chi connectivity index (χ1n) is 7.46. The Labute approximate surface area is 121 Å². The van der Waals surface area contributed by atoms with Gasteiger partial charge in [0.05, 0.1) is 13.2 Å². The Morgan fingerprint density at radius 1 is 1.20 bits per heavy atom. The summed E-state index contributed by atoms with van der Waals surface area (Å²) in [5, 5.41) is 3.33. The van der Waals surface area contributed by atoms with E-state index in [2.05, 4.69) is 11.4 Å². The molecular formula is C17H24FNO. The van der Waals surface area contributed by atoms with Crippen molar-refractivity contribution in [3.8, 4) is 5.75 Å². The molecule has 0 spiro atoms. The molecule has 0 heterocycles. The number of allylic oxidation sites excluding steroid dienone is 1. The molecule has 3 heteroatoms. The highest BCUT2D eigenvalue weighted by Gasteiger charge is 2.17. The molecule has 0 fully saturated rings. The predicted molar refractivity (Wildman–Crippen MR) is 80.5 cm³/mol. The lowest BCUT2D eigenvalue weighted by molar-refractivity contribution is 0.385. The molecule has 2 rings (SSSR count). The largest absolute Gasteiger partial charge is 0.494 e. The van der Waals surface area contributed by atoms with Crippen molar-refractivity contribution in [2.45, 2.75) is 44.6 Å². The molecule has 1 aliphatic rings. The summed E-state index contributed by atoms with van der Waals surface area (Å²) in [6.07, 6.45) is 9.67. The van der Waals surface area contributed by atoms with Gasteiger partial charge in [-0.3, -0.25) is 0 Å². The molecule has 1 unspecified atom stereocenters. The molecule has 1 aliphatic carbocycles. The van der Waals surface area contributed by atoms with E-state index < -0.39 is 0 Å². The van der Waals surface area contributed by atoms with Crippen LogP contribution < -0.4 is 10.1 Å². The van der Waals surface area contributed by atoms with Crippen LogP contribution in [0.2, 0.25) is 0 Å². The van der Waals surface area contributed by atoms with Crippen LogP contribution in [-0.2, 0) is 0 Å². The highest BCUT2D eigenvalue weighted by atomic mass is 19.1. The monoisotopic (exact) mass is 277 g/mol. The first kappa shape index (κ1) is 15.0. The first-order valence-corrected chi connectivity index (χ1v) is 7.46. The molecule has 1 aromatic carbocycles. The van der Waals surface area contributed by atoms with Gasteiger partial charge in [0.1, 0.15) is 0 Å². The van der Waals surface area contributed by atoms with E-state index in [1.165, 1.54) is 38.4 Å². The van der Waals surface area contributed by atoms with Crippen LogP contribution in [0.1, 0.15) is 50.1 Å². The summed E-state index contributed by atoms with van der Waals surface area (Å²) in [7, 11) is 3.43. The lowest BCUT2D eigenvalue weighted by atomic mass is 9.91. The zero-order valence-electron chi connectivity index (χ0n) is 12.4. The van der Waals surface area contributed by atoms with E-state index >= 15 is 0 Å². The van der Waals surface area contributed by atoms with Crippen LogP contribution in [0.4, 0.5) is 4.39 Å². The van der Waals surface area contributed by atoms with Crippen molar-refractivity contribution in [1.82, 2.24) is 5.32 Å². The standard InChI is InChI=1S/C17H24FNO/c1-19-17(13-8-6-4-3-5-7-9-13)14-10-11-16(20-2)15(18)12-14/h8,10-12,17,19H,3-7,9H2,1-2H3/b13-8+. The van der Waals surface area contributed by atoms with Crippen molar-refractivity contribution in [2.75, 3.05) is 14.2 Å². The van der Waals surface area contributed by atoms with Gasteiger partial charge in [-0.25, -0.2) is 4.39 Å². The van der Waals surface area contributed by atoms with Gasteiger partial charge in [0, 0.05) is 0 Å². The number of hydrogen-bond acceptors (Lipinski definition) is 2. The van der Waals surface area contributed by atoms with Crippen LogP contribution >= 0.6 is 0 Å². The van der Waals surface area contributed by atoms with Crippen LogP contribution in [-0.4, -0.2) is 14.2 Å². The highest BCUT2D eigenvalue weighted by molar-refractivity contribution is 5.35. The number of rotatable bonds is 4. The zero-order valence-corrected chi connectivity index (χ0v) is 12.4. The molecule has 0 aliphatic heterocycles. The number of nitrogens with one attached hydrogen (secondary N) is 1. The van der Waals surface area contributed by atoms with Gasteiger partial charge in [0.15, 0.2) is 11.6 Å². The van der Waals surface area contributed by atoms with Crippen LogP contribution in [0.25, 0.3) is 0 Å². The van der Waals surface area contributed by atoms with E-state index in [-0.39, 0.29) is 11.9 Å². The summed E-state index contributed by atoms with van der Waals surface area (Å²) < 4.78 is 18.9. The predicted octanol–water partition coefficient (Wildman–Crippen LogP) is 4.38. The average Bonchev–Trinajstić information content (AvgIpc) is 2.42. The van der Waals surface area contributed by atoms with Crippen molar-refractivity contribution < 1.29 is 9.13 Å². The second-order valence-electron chi connectivity index (χ2n) is 5.35. The summed E-state index contributed by atoms with van der Waals surface area (Å²) in [5.74, 6) is 0.00643. The first-order chi connectivity index (χ1) is 9.76. The molecule has 2 nitrogen and oxygen atoms in total. The summed E-state index contributed by atoms with van der Waals surface area (Å²) in [6, 6.07) is 5.34. The van der Waals surface area contributed by atoms with E-state index in [9.17, 15) is 4.39 Å². The number of hydrogen-bond donors (Lipinski definition) is 1. The Kier molecular flexibility index (Phi) is 5.60. The van der Waals surface area contributed by atoms with Crippen LogP contribution in [0.5, 0.6) is 5.75 Å². The number of ether oxygens (including phenoxy) is 1. The number of methoxy groups -OCH3 is 1. The van der Waals surface area contributed by atoms with E-state index in [4.69, 9.17) is 4.74 Å². The van der Waals surface area contributed by atoms with Crippen molar-refractivity contribution in [3.05, 3.63) is 41.2 Å². The zero-order chi connectivity index (χ0) is 14.4. The van der Waals surface area contributed by atoms with Crippen LogP contribution in [0.3, 0.4) is 0 Å². The summed E-state index contributed by atoms with van der Waals surface area (Å²) in [6.45, 7) is 0. The Morgan fingerprint density at radius 2 is 2.00 bits per heavy atom. The van der Waals surface area contributed by atoms with E-state index in [0.29, 0.717) is 5.75 Å². The molecule has 0 radical (unpaired) electrons. The SMILES string of the molecule is CNC(/C1=C/CCCCCC1)c1ccc(OC)c(F)c1. The second kappa shape index (κ2) is 7.44. The van der Waals surface area contributed by atoms with Gasteiger partial charge in [-0.05, 0) is 50.4 Å². The second-order valence-corrected chi connectivity index (χ2v) is 5.35. The fourth-order valence-electron chi connectivity index (χ4n) is 2.91. The molecule has 0 aromatic heterocycles. The lowest BCUT2D eigenvalue weighted by Crippen LogP contribution is -2.19. The third-order valence-electron chi connectivity index (χ3n) is 3.99. The van der Waals surface area contributed by atoms with Gasteiger partial charge in [-0.1, -0.05) is 30.6 Å². The van der Waals surface area contributed by atoms with Gasteiger partial charge in [0.25, 0.3) is 0 Å². The number of likely N-dealkylation sites (N-methyl/N-ethyl adjacent to an activating group) is 1. The maximum Gasteiger partial charge on any atom is 0.165 e. The molecular weight excluding hydrogens is 253 g/mol. The minimum Gasteiger partial charge on any atom is -0.494 e. The van der Waals surface area contributed by atoms with Crippen molar-refractivity contribution in [3.63, 3.8) is 0 Å². The minimum absolute atomic E-state index is 0.105. The van der Waals surface area contributed by atoms with Crippen molar-refractivity contribution >= 4 is 0 Å². The summed E-state index contributed by atoms with van der Waals surface area (Å²) in [5.41, 5.74) is 2.36. The van der Waals surface area contributed by atoms with Crippen molar-refractivity contribution in [1.29, 1.82) is 0 Å². The average molecular weight is 277 g/mol. The number of benzene rings is 1. The molecule has 1 aromatic rings. The van der Waals surface area contributed by atoms with Gasteiger partial charge in [-0.2, -0.15) is 0 Å². The Hall–Kier alpha value is -1.35. The van der Waals surface area contributed by atoms with Gasteiger partial charge in [0.2, 0.25) is 0 Å². The molecule has 0 saturated carbocycles. The Morgan fingerprint density at radius 3 is 2.70 bits per heavy atom. The normalized spacial score (nSPS) is 20.4.